The summed E-state index contributed by atoms with van der Waals surface area (Å²) in [5.41, 5.74) is -6.15. The van der Waals surface area contributed by atoms with E-state index in [4.69, 9.17) is 42.6 Å². The van der Waals surface area contributed by atoms with Gasteiger partial charge in [-0.3, -0.25) is 0 Å². The molecule has 1 aromatic heterocycles. The second-order valence-electron chi connectivity index (χ2n) is 9.27. The summed E-state index contributed by atoms with van der Waals surface area (Å²) >= 11 is 0. The normalized spacial score (nSPS) is 15.6. The average molecular weight is 616 g/mol. The van der Waals surface area contributed by atoms with E-state index in [-0.39, 0.29) is 19.3 Å². The molecular weight excluding hydrogens is 570 g/mol. The van der Waals surface area contributed by atoms with Crippen LogP contribution in [0, 0.1) is 0 Å². The van der Waals surface area contributed by atoms with Crippen molar-refractivity contribution in [2.75, 3.05) is 64.0 Å². The Labute approximate surface area is 236 Å². The Balaban J connectivity index is 4.13. The SMILES string of the molecule is COC(CC([SiH3])(OC)OC)n1c(=O)n(C(CC([SiH3])(OC)OC)OC)c(=O)n(C(CC([SiH3])(OC)OC)OC)c1=O. The Hall–Kier alpha value is -1.30. The number of methoxy groups -OCH3 is 9. The molecule has 0 radical (unpaired) electrons. The second-order valence-corrected chi connectivity index (χ2v) is 13.8. The quantitative estimate of drug-likeness (QED) is 0.116. The third-order valence-corrected chi connectivity index (χ3v) is 10.8. The largest absolute Gasteiger partial charge is 0.361 e. The Morgan fingerprint density at radius 2 is 0.667 bits per heavy atom. The molecule has 0 saturated carbocycles. The smallest absolute Gasteiger partial charge is 0.340 e. The van der Waals surface area contributed by atoms with Crippen molar-refractivity contribution in [2.24, 2.45) is 0 Å². The first-order valence-electron chi connectivity index (χ1n) is 12.1. The minimum absolute atomic E-state index is 0.0209. The van der Waals surface area contributed by atoms with Crippen LogP contribution in [-0.4, -0.2) is 125 Å². The molecule has 3 atom stereocenters. The summed E-state index contributed by atoms with van der Waals surface area (Å²) in [4.78, 5) is 41.8. The first-order chi connectivity index (χ1) is 18.2. The van der Waals surface area contributed by atoms with Gasteiger partial charge in [0.2, 0.25) is 0 Å². The first-order valence-corrected chi connectivity index (χ1v) is 15.1. The Kier molecular flexibility index (Phi) is 13.8. The molecule has 0 N–H and O–H groups in total. The van der Waals surface area contributed by atoms with Gasteiger partial charge in [0, 0.05) is 83.3 Å². The van der Waals surface area contributed by atoms with Crippen LogP contribution in [0.5, 0.6) is 0 Å². The molecule has 0 saturated heterocycles. The maximum Gasteiger partial charge on any atom is 0.340 e. The third-order valence-electron chi connectivity index (χ3n) is 7.14. The lowest BCUT2D eigenvalue weighted by atomic mass is 10.3. The minimum atomic E-state index is -1.17. The van der Waals surface area contributed by atoms with Crippen molar-refractivity contribution in [3.8, 4) is 0 Å². The highest BCUT2D eigenvalue weighted by atomic mass is 28.2. The summed E-state index contributed by atoms with van der Waals surface area (Å²) < 4.78 is 52.2. The number of nitrogens with zero attached hydrogens (tertiary/aromatic N) is 3. The van der Waals surface area contributed by atoms with Gasteiger partial charge in [-0.2, -0.15) is 0 Å². The summed E-state index contributed by atoms with van der Waals surface area (Å²) in [5, 5.41) is 0. The Morgan fingerprint density at radius 1 is 0.487 bits per heavy atom. The van der Waals surface area contributed by atoms with Gasteiger partial charge in [0.1, 0.15) is 34.9 Å². The van der Waals surface area contributed by atoms with E-state index in [9.17, 15) is 14.4 Å². The topological polar surface area (TPSA) is 149 Å². The minimum Gasteiger partial charge on any atom is -0.361 e. The monoisotopic (exact) mass is 615 g/mol. The fourth-order valence-corrected chi connectivity index (χ4v) is 4.92. The molecule has 39 heavy (non-hydrogen) atoms. The van der Waals surface area contributed by atoms with Gasteiger partial charge < -0.3 is 42.6 Å². The van der Waals surface area contributed by atoms with E-state index in [1.54, 1.807) is 0 Å². The molecule has 0 aliphatic carbocycles. The van der Waals surface area contributed by atoms with Gasteiger partial charge in [-0.1, -0.05) is 0 Å². The number of hydrogen-bond donors (Lipinski definition) is 0. The van der Waals surface area contributed by atoms with Crippen LogP contribution in [0.4, 0.5) is 0 Å². The van der Waals surface area contributed by atoms with Crippen LogP contribution in [0.25, 0.3) is 0 Å². The summed E-state index contributed by atoms with van der Waals surface area (Å²) in [7, 11) is 13.8. The van der Waals surface area contributed by atoms with E-state index in [1.165, 1.54) is 64.0 Å². The maximum absolute atomic E-state index is 13.9. The molecule has 0 fully saturated rings. The van der Waals surface area contributed by atoms with E-state index in [2.05, 4.69) is 0 Å². The van der Waals surface area contributed by atoms with Gasteiger partial charge >= 0.3 is 17.1 Å². The highest BCUT2D eigenvalue weighted by Crippen LogP contribution is 2.25. The van der Waals surface area contributed by atoms with Crippen molar-refractivity contribution in [3.05, 3.63) is 31.5 Å². The van der Waals surface area contributed by atoms with E-state index in [0.717, 1.165) is 13.7 Å². The van der Waals surface area contributed by atoms with Crippen molar-refractivity contribution in [2.45, 2.75) is 54.2 Å². The highest BCUT2D eigenvalue weighted by molar-refractivity contribution is 6.13. The lowest BCUT2D eigenvalue weighted by Crippen LogP contribution is -2.59. The van der Waals surface area contributed by atoms with Crippen LogP contribution >= 0.6 is 0 Å². The van der Waals surface area contributed by atoms with Gasteiger partial charge in [0.25, 0.3) is 0 Å². The average Bonchev–Trinajstić information content (AvgIpc) is 2.94. The number of hydrogen-bond acceptors (Lipinski definition) is 12. The molecule has 0 amide bonds. The summed E-state index contributed by atoms with van der Waals surface area (Å²) in [6.07, 6.45) is -3.59. The van der Waals surface area contributed by atoms with E-state index >= 15 is 0 Å². The standard InChI is InChI=1S/C21H45N3O12Si3/c1-28-13(10-19(37,31-4)32-5)22-16(25)23(14(29-2)11-20(38,33-6)34-7)18(27)24(17(22)26)15(30-3)12-21(39,35-8)36-9/h13-15H,10-12H2,1-9,37-39H3. The van der Waals surface area contributed by atoms with Crippen molar-refractivity contribution < 1.29 is 42.6 Å². The number of rotatable bonds is 18. The summed E-state index contributed by atoms with van der Waals surface area (Å²) in [6, 6.07) is 0. The molecule has 1 rings (SSSR count). The third kappa shape index (κ3) is 8.14. The van der Waals surface area contributed by atoms with Crippen LogP contribution in [0.1, 0.15) is 37.9 Å². The molecule has 0 aromatic carbocycles. The zero-order valence-corrected chi connectivity index (χ0v) is 31.1. The van der Waals surface area contributed by atoms with Gasteiger partial charge in [-0.25, -0.2) is 28.1 Å². The Morgan fingerprint density at radius 3 is 0.795 bits per heavy atom. The fourth-order valence-electron chi connectivity index (χ4n) is 3.87. The van der Waals surface area contributed by atoms with Crippen LogP contribution in [0.3, 0.4) is 0 Å². The maximum atomic E-state index is 13.9. The van der Waals surface area contributed by atoms with Crippen LogP contribution in [0.15, 0.2) is 14.4 Å². The predicted molar refractivity (Wildman–Crippen MR) is 151 cm³/mol. The van der Waals surface area contributed by atoms with Crippen molar-refractivity contribution >= 4 is 30.7 Å². The van der Waals surface area contributed by atoms with Gasteiger partial charge in [-0.05, 0) is 0 Å². The first kappa shape index (κ1) is 35.7. The fraction of sp³-hybridized carbons (Fsp3) is 0.857. The van der Waals surface area contributed by atoms with Crippen molar-refractivity contribution in [1.29, 1.82) is 0 Å². The van der Waals surface area contributed by atoms with Gasteiger partial charge in [0.15, 0.2) is 0 Å². The number of ether oxygens (including phenoxy) is 9. The predicted octanol–water partition coefficient (Wildman–Crippen LogP) is -4.29. The second kappa shape index (κ2) is 15.1. The van der Waals surface area contributed by atoms with E-state index in [1.807, 2.05) is 0 Å². The molecule has 0 spiro atoms. The van der Waals surface area contributed by atoms with Crippen LogP contribution in [-0.2, 0) is 42.6 Å². The summed E-state index contributed by atoms with van der Waals surface area (Å²) in [5.74, 6) is 0. The molecule has 15 nitrogen and oxygen atoms in total. The molecular formula is C21H45N3O12Si3. The van der Waals surface area contributed by atoms with Crippen molar-refractivity contribution in [3.63, 3.8) is 0 Å². The zero-order valence-electron chi connectivity index (χ0n) is 25.1. The Bertz CT molecular complexity index is 919. The molecule has 0 aliphatic rings. The van der Waals surface area contributed by atoms with E-state index in [0.29, 0.717) is 30.7 Å². The number of aromatic nitrogens is 3. The lowest BCUT2D eigenvalue weighted by Gasteiger charge is -2.34. The molecule has 0 bridgehead atoms. The molecule has 0 aliphatic heterocycles. The molecule has 3 unspecified atom stereocenters. The lowest BCUT2D eigenvalue weighted by molar-refractivity contribution is -0.179. The van der Waals surface area contributed by atoms with Crippen molar-refractivity contribution in [1.82, 2.24) is 13.7 Å². The molecule has 1 heterocycles. The van der Waals surface area contributed by atoms with Gasteiger partial charge in [-0.15, -0.1) is 0 Å². The van der Waals surface area contributed by atoms with E-state index < -0.39 is 52.0 Å². The molecule has 1 aromatic rings. The molecule has 18 heteroatoms. The zero-order chi connectivity index (χ0) is 30.2. The summed E-state index contributed by atoms with van der Waals surface area (Å²) in [6.45, 7) is 0. The highest BCUT2D eigenvalue weighted by Gasteiger charge is 2.37. The van der Waals surface area contributed by atoms with Gasteiger partial charge in [0.05, 0.1) is 30.7 Å². The van der Waals surface area contributed by atoms with Crippen LogP contribution < -0.4 is 17.1 Å². The molecule has 228 valence electrons. The van der Waals surface area contributed by atoms with Crippen LogP contribution in [0.2, 0.25) is 0 Å².